The first kappa shape index (κ1) is 17.6. The van der Waals surface area contributed by atoms with E-state index in [0.29, 0.717) is 0 Å². The molecule has 0 aliphatic carbocycles. The number of hydrogen-bond acceptors (Lipinski definition) is 1. The molecule has 0 radical (unpaired) electrons. The molecule has 0 saturated heterocycles. The zero-order valence-corrected chi connectivity index (χ0v) is 14.9. The van der Waals surface area contributed by atoms with E-state index in [4.69, 9.17) is 4.74 Å². The van der Waals surface area contributed by atoms with Gasteiger partial charge in [0.05, 0.1) is 6.61 Å². The zero-order valence-electron chi connectivity index (χ0n) is 14.9. The molecule has 0 aliphatic heterocycles. The lowest BCUT2D eigenvalue weighted by Gasteiger charge is -2.14. The normalized spacial score (nSPS) is 10.7. The summed E-state index contributed by atoms with van der Waals surface area (Å²) in [5, 5.41) is 0. The first-order chi connectivity index (χ1) is 11.3. The minimum absolute atomic E-state index is 0.813. The molecular weight excluding hydrogens is 280 g/mol. The summed E-state index contributed by atoms with van der Waals surface area (Å²) in [7, 11) is 0. The third kappa shape index (κ3) is 5.13. The van der Waals surface area contributed by atoms with Gasteiger partial charge < -0.3 is 4.74 Å². The summed E-state index contributed by atoms with van der Waals surface area (Å²) in [5.41, 5.74) is 5.16. The van der Waals surface area contributed by atoms with Crippen LogP contribution in [0.25, 0.3) is 11.1 Å². The van der Waals surface area contributed by atoms with Crippen molar-refractivity contribution in [3.8, 4) is 16.9 Å². The number of rotatable bonds is 9. The quantitative estimate of drug-likeness (QED) is 0.484. The summed E-state index contributed by atoms with van der Waals surface area (Å²) in [6.07, 6.45) is 7.07. The predicted octanol–water partition coefficient (Wildman–Crippen LogP) is 6.44. The maximum Gasteiger partial charge on any atom is 0.127 e. The summed E-state index contributed by atoms with van der Waals surface area (Å²) in [4.78, 5) is 0. The minimum atomic E-state index is 0.813. The van der Waals surface area contributed by atoms with Gasteiger partial charge in [0.1, 0.15) is 5.75 Å². The number of ether oxygens (including phenoxy) is 1. The Morgan fingerprint density at radius 2 is 1.43 bits per heavy atom. The second-order valence-corrected chi connectivity index (χ2v) is 6.14. The first-order valence-electron chi connectivity index (χ1n) is 9.13. The minimum Gasteiger partial charge on any atom is -0.493 e. The van der Waals surface area contributed by atoms with Crippen molar-refractivity contribution in [2.45, 2.75) is 59.3 Å². The molecule has 1 nitrogen and oxygen atoms in total. The first-order valence-corrected chi connectivity index (χ1v) is 9.13. The highest BCUT2D eigenvalue weighted by molar-refractivity contribution is 5.71. The SMILES string of the molecule is CCCCCCOc1cc(CC)ccc1-c1ccc(CC)cc1. The van der Waals surface area contributed by atoms with Crippen LogP contribution in [-0.4, -0.2) is 6.61 Å². The van der Waals surface area contributed by atoms with Crippen molar-refractivity contribution < 1.29 is 4.74 Å². The lowest BCUT2D eigenvalue weighted by molar-refractivity contribution is 0.306. The van der Waals surface area contributed by atoms with Crippen LogP contribution in [0, 0.1) is 0 Å². The van der Waals surface area contributed by atoms with Gasteiger partial charge in [0.15, 0.2) is 0 Å². The van der Waals surface area contributed by atoms with Crippen LogP contribution in [0.3, 0.4) is 0 Å². The van der Waals surface area contributed by atoms with Gasteiger partial charge in [0.2, 0.25) is 0 Å². The van der Waals surface area contributed by atoms with E-state index >= 15 is 0 Å². The second kappa shape index (κ2) is 9.39. The molecule has 0 fully saturated rings. The molecule has 124 valence electrons. The van der Waals surface area contributed by atoms with Crippen molar-refractivity contribution >= 4 is 0 Å². The van der Waals surface area contributed by atoms with Gasteiger partial charge >= 0.3 is 0 Å². The van der Waals surface area contributed by atoms with Crippen LogP contribution in [0.2, 0.25) is 0 Å². The van der Waals surface area contributed by atoms with Crippen molar-refractivity contribution in [1.29, 1.82) is 0 Å². The molecule has 0 spiro atoms. The fourth-order valence-corrected chi connectivity index (χ4v) is 2.78. The molecule has 0 saturated carbocycles. The van der Waals surface area contributed by atoms with Gasteiger partial charge in [0.25, 0.3) is 0 Å². The molecule has 23 heavy (non-hydrogen) atoms. The van der Waals surface area contributed by atoms with E-state index in [2.05, 4.69) is 63.2 Å². The van der Waals surface area contributed by atoms with Gasteiger partial charge in [-0.1, -0.05) is 76.4 Å². The molecule has 0 bridgehead atoms. The second-order valence-electron chi connectivity index (χ2n) is 6.14. The number of benzene rings is 2. The Balaban J connectivity index is 2.16. The van der Waals surface area contributed by atoms with Crippen LogP contribution >= 0.6 is 0 Å². The number of hydrogen-bond donors (Lipinski definition) is 0. The fraction of sp³-hybridized carbons (Fsp3) is 0.455. The molecule has 1 heteroatoms. The van der Waals surface area contributed by atoms with Gasteiger partial charge in [-0.25, -0.2) is 0 Å². The van der Waals surface area contributed by atoms with E-state index in [9.17, 15) is 0 Å². The van der Waals surface area contributed by atoms with Crippen molar-refractivity contribution in [1.82, 2.24) is 0 Å². The van der Waals surface area contributed by atoms with Gasteiger partial charge in [-0.05, 0) is 42.0 Å². The molecule has 0 heterocycles. The van der Waals surface area contributed by atoms with Crippen LogP contribution in [0.4, 0.5) is 0 Å². The molecular formula is C22H30O. The van der Waals surface area contributed by atoms with E-state index in [-0.39, 0.29) is 0 Å². The monoisotopic (exact) mass is 310 g/mol. The third-order valence-corrected chi connectivity index (χ3v) is 4.38. The molecule has 0 unspecified atom stereocenters. The van der Waals surface area contributed by atoms with Crippen LogP contribution in [0.5, 0.6) is 5.75 Å². The van der Waals surface area contributed by atoms with Gasteiger partial charge in [-0.2, -0.15) is 0 Å². The molecule has 0 N–H and O–H groups in total. The van der Waals surface area contributed by atoms with Crippen molar-refractivity contribution in [2.24, 2.45) is 0 Å². The Bertz CT molecular complexity index is 583. The van der Waals surface area contributed by atoms with Crippen molar-refractivity contribution in [2.75, 3.05) is 6.61 Å². The third-order valence-electron chi connectivity index (χ3n) is 4.38. The number of aryl methyl sites for hydroxylation is 2. The molecule has 2 aromatic rings. The molecule has 2 rings (SSSR count). The molecule has 0 aliphatic rings. The standard InChI is InChI=1S/C22H30O/c1-4-7-8-9-16-23-22-17-19(6-3)12-15-21(22)20-13-10-18(5-2)11-14-20/h10-15,17H,4-9,16H2,1-3H3. The van der Waals surface area contributed by atoms with E-state index < -0.39 is 0 Å². The van der Waals surface area contributed by atoms with Crippen LogP contribution in [-0.2, 0) is 12.8 Å². The Morgan fingerprint density at radius 1 is 0.739 bits per heavy atom. The number of unbranched alkanes of at least 4 members (excludes halogenated alkanes) is 3. The summed E-state index contributed by atoms with van der Waals surface area (Å²) < 4.78 is 6.14. The zero-order chi connectivity index (χ0) is 16.5. The average molecular weight is 310 g/mol. The molecule has 0 atom stereocenters. The Labute approximate surface area is 141 Å². The largest absolute Gasteiger partial charge is 0.493 e. The Kier molecular flexibility index (Phi) is 7.19. The van der Waals surface area contributed by atoms with Crippen molar-refractivity contribution in [3.63, 3.8) is 0 Å². The van der Waals surface area contributed by atoms with Crippen LogP contribution < -0.4 is 4.74 Å². The van der Waals surface area contributed by atoms with E-state index in [1.165, 1.54) is 41.5 Å². The fourth-order valence-electron chi connectivity index (χ4n) is 2.78. The van der Waals surface area contributed by atoms with E-state index in [1.807, 2.05) is 0 Å². The Morgan fingerprint density at radius 3 is 2.09 bits per heavy atom. The molecule has 0 aromatic heterocycles. The van der Waals surface area contributed by atoms with Crippen molar-refractivity contribution in [3.05, 3.63) is 53.6 Å². The highest BCUT2D eigenvalue weighted by Crippen LogP contribution is 2.31. The topological polar surface area (TPSA) is 9.23 Å². The summed E-state index contributed by atoms with van der Waals surface area (Å²) in [6.45, 7) is 7.43. The van der Waals surface area contributed by atoms with Crippen LogP contribution in [0.15, 0.2) is 42.5 Å². The van der Waals surface area contributed by atoms with Gasteiger partial charge in [0, 0.05) is 5.56 Å². The lowest BCUT2D eigenvalue weighted by atomic mass is 10.00. The van der Waals surface area contributed by atoms with Crippen LogP contribution in [0.1, 0.15) is 57.6 Å². The van der Waals surface area contributed by atoms with Gasteiger partial charge in [-0.3, -0.25) is 0 Å². The Hall–Kier alpha value is -1.76. The smallest absolute Gasteiger partial charge is 0.127 e. The van der Waals surface area contributed by atoms with E-state index in [1.54, 1.807) is 0 Å². The predicted molar refractivity (Wildman–Crippen MR) is 100 cm³/mol. The maximum atomic E-state index is 6.14. The highest BCUT2D eigenvalue weighted by atomic mass is 16.5. The van der Waals surface area contributed by atoms with Gasteiger partial charge in [-0.15, -0.1) is 0 Å². The van der Waals surface area contributed by atoms with E-state index in [0.717, 1.165) is 31.6 Å². The lowest BCUT2D eigenvalue weighted by Crippen LogP contribution is -2.00. The average Bonchev–Trinajstić information content (AvgIpc) is 2.61. The molecule has 0 amide bonds. The summed E-state index contributed by atoms with van der Waals surface area (Å²) in [6, 6.07) is 15.5. The summed E-state index contributed by atoms with van der Waals surface area (Å²) >= 11 is 0. The summed E-state index contributed by atoms with van der Waals surface area (Å²) in [5.74, 6) is 1.03. The molecule has 2 aromatic carbocycles. The highest BCUT2D eigenvalue weighted by Gasteiger charge is 2.08. The maximum absolute atomic E-state index is 6.14.